The first-order chi connectivity index (χ1) is 8.76. The number of carbonyl (C=O) groups excluding carboxylic acids is 2. The lowest BCUT2D eigenvalue weighted by Crippen LogP contribution is -2.49. The van der Waals surface area contributed by atoms with Gasteiger partial charge >= 0.3 is 18.0 Å². The van der Waals surface area contributed by atoms with Gasteiger partial charge in [0.25, 0.3) is 0 Å². The molecule has 0 aliphatic carbocycles. The van der Waals surface area contributed by atoms with Gasteiger partial charge in [-0.25, -0.2) is 9.59 Å². The normalized spacial score (nSPS) is 13.5. The Bertz CT molecular complexity index is 330. The number of esters is 1. The maximum atomic E-state index is 11.6. The van der Waals surface area contributed by atoms with Gasteiger partial charge < -0.3 is 20.5 Å². The van der Waals surface area contributed by atoms with Crippen LogP contribution in [0.3, 0.4) is 0 Å². The summed E-state index contributed by atoms with van der Waals surface area (Å²) in [5.41, 5.74) is 0. The highest BCUT2D eigenvalue weighted by Crippen LogP contribution is 2.03. The second-order valence-corrected chi connectivity index (χ2v) is 4.82. The molecule has 19 heavy (non-hydrogen) atoms. The molecule has 2 amide bonds. The molecular formula is C12H22N2O5. The molecular weight excluding hydrogens is 252 g/mol. The highest BCUT2D eigenvalue weighted by Gasteiger charge is 2.24. The van der Waals surface area contributed by atoms with E-state index in [0.717, 1.165) is 13.5 Å². The number of hydrogen-bond donors (Lipinski definition) is 3. The largest absolute Gasteiger partial charge is 0.480 e. The van der Waals surface area contributed by atoms with Gasteiger partial charge in [-0.15, -0.1) is 0 Å². The van der Waals surface area contributed by atoms with Crippen molar-refractivity contribution in [2.45, 2.75) is 45.7 Å². The van der Waals surface area contributed by atoms with Gasteiger partial charge in [0.2, 0.25) is 0 Å². The SMILES string of the molecule is COC(=O)C[C@H](NC(=O)NC(C)CC(C)C)C(=O)O. The van der Waals surface area contributed by atoms with Crippen molar-refractivity contribution < 1.29 is 24.2 Å². The monoisotopic (exact) mass is 274 g/mol. The topological polar surface area (TPSA) is 105 Å². The van der Waals surface area contributed by atoms with Crippen molar-refractivity contribution in [2.75, 3.05) is 7.11 Å². The van der Waals surface area contributed by atoms with Gasteiger partial charge in [0, 0.05) is 6.04 Å². The Labute approximate surface area is 112 Å². The van der Waals surface area contributed by atoms with Crippen LogP contribution in [0.25, 0.3) is 0 Å². The number of rotatable bonds is 7. The number of amides is 2. The van der Waals surface area contributed by atoms with E-state index in [1.165, 1.54) is 0 Å². The molecule has 7 heteroatoms. The van der Waals surface area contributed by atoms with Crippen LogP contribution in [0.1, 0.15) is 33.6 Å². The predicted molar refractivity (Wildman–Crippen MR) is 68.6 cm³/mol. The summed E-state index contributed by atoms with van der Waals surface area (Å²) in [5, 5.41) is 13.8. The van der Waals surface area contributed by atoms with Gasteiger partial charge in [0.05, 0.1) is 13.5 Å². The van der Waals surface area contributed by atoms with Gasteiger partial charge in [-0.1, -0.05) is 13.8 Å². The Hall–Kier alpha value is -1.79. The summed E-state index contributed by atoms with van der Waals surface area (Å²) in [5.74, 6) is -1.55. The maximum Gasteiger partial charge on any atom is 0.326 e. The minimum atomic E-state index is -1.29. The number of methoxy groups -OCH3 is 1. The van der Waals surface area contributed by atoms with Gasteiger partial charge in [-0.05, 0) is 19.3 Å². The minimum Gasteiger partial charge on any atom is -0.480 e. The smallest absolute Gasteiger partial charge is 0.326 e. The summed E-state index contributed by atoms with van der Waals surface area (Å²) in [6.07, 6.45) is 0.375. The number of urea groups is 1. The zero-order valence-electron chi connectivity index (χ0n) is 11.7. The third-order valence-electron chi connectivity index (χ3n) is 2.40. The van der Waals surface area contributed by atoms with Crippen LogP contribution in [0.5, 0.6) is 0 Å². The summed E-state index contributed by atoms with van der Waals surface area (Å²) in [7, 11) is 1.16. The molecule has 0 aromatic heterocycles. The molecule has 0 spiro atoms. The van der Waals surface area contributed by atoms with E-state index in [4.69, 9.17) is 5.11 Å². The summed E-state index contributed by atoms with van der Waals surface area (Å²) in [6.45, 7) is 5.87. The predicted octanol–water partition coefficient (Wildman–Crippen LogP) is 0.737. The van der Waals surface area contributed by atoms with E-state index in [-0.39, 0.29) is 6.04 Å². The van der Waals surface area contributed by atoms with Crippen LogP contribution in [-0.4, -0.2) is 42.3 Å². The van der Waals surface area contributed by atoms with Gasteiger partial charge in [0.15, 0.2) is 0 Å². The number of ether oxygens (including phenoxy) is 1. The minimum absolute atomic E-state index is 0.0763. The number of carboxylic acids is 1. The van der Waals surface area contributed by atoms with E-state index in [9.17, 15) is 14.4 Å². The van der Waals surface area contributed by atoms with E-state index in [0.29, 0.717) is 5.92 Å². The molecule has 1 unspecified atom stereocenters. The van der Waals surface area contributed by atoms with Crippen molar-refractivity contribution in [3.63, 3.8) is 0 Å². The lowest BCUT2D eigenvalue weighted by molar-refractivity contribution is -0.147. The van der Waals surface area contributed by atoms with Crippen molar-refractivity contribution in [3.8, 4) is 0 Å². The van der Waals surface area contributed by atoms with Crippen LogP contribution in [0.4, 0.5) is 4.79 Å². The lowest BCUT2D eigenvalue weighted by atomic mass is 10.1. The summed E-state index contributed by atoms with van der Waals surface area (Å²) >= 11 is 0. The van der Waals surface area contributed by atoms with Crippen molar-refractivity contribution in [1.82, 2.24) is 10.6 Å². The number of carbonyl (C=O) groups is 3. The fourth-order valence-electron chi connectivity index (χ4n) is 1.64. The van der Waals surface area contributed by atoms with Gasteiger partial charge in [-0.3, -0.25) is 4.79 Å². The molecule has 0 radical (unpaired) electrons. The van der Waals surface area contributed by atoms with E-state index in [1.54, 1.807) is 0 Å². The molecule has 0 fully saturated rings. The molecule has 0 saturated heterocycles. The standard InChI is InChI=1S/C12H22N2O5/c1-7(2)5-8(3)13-12(18)14-9(11(16)17)6-10(15)19-4/h7-9H,5-6H2,1-4H3,(H,16,17)(H2,13,14,18)/t8?,9-/m0/s1. The Morgan fingerprint density at radius 2 is 1.74 bits per heavy atom. The number of carboxylic acid groups (broad SMARTS) is 1. The summed E-state index contributed by atoms with van der Waals surface area (Å²) < 4.78 is 4.37. The van der Waals surface area contributed by atoms with E-state index < -0.39 is 30.4 Å². The summed E-state index contributed by atoms with van der Waals surface area (Å²) in [6, 6.07) is -1.98. The van der Waals surface area contributed by atoms with Crippen molar-refractivity contribution in [1.29, 1.82) is 0 Å². The number of nitrogens with one attached hydrogen (secondary N) is 2. The quantitative estimate of drug-likeness (QED) is 0.594. The van der Waals surface area contributed by atoms with Crippen LogP contribution in [0, 0.1) is 5.92 Å². The Kier molecular flexibility index (Phi) is 7.55. The average molecular weight is 274 g/mol. The molecule has 0 aromatic carbocycles. The van der Waals surface area contributed by atoms with Gasteiger partial charge in [-0.2, -0.15) is 0 Å². The van der Waals surface area contributed by atoms with Crippen LogP contribution in [0.15, 0.2) is 0 Å². The zero-order chi connectivity index (χ0) is 15.0. The van der Waals surface area contributed by atoms with Crippen LogP contribution >= 0.6 is 0 Å². The molecule has 0 heterocycles. The van der Waals surface area contributed by atoms with Crippen molar-refractivity contribution in [2.24, 2.45) is 5.92 Å². The first kappa shape index (κ1) is 17.2. The first-order valence-corrected chi connectivity index (χ1v) is 6.12. The Morgan fingerprint density at radius 3 is 2.16 bits per heavy atom. The van der Waals surface area contributed by atoms with Crippen molar-refractivity contribution >= 4 is 18.0 Å². The third kappa shape index (κ3) is 8.01. The Balaban J connectivity index is 4.32. The zero-order valence-corrected chi connectivity index (χ0v) is 11.7. The van der Waals surface area contributed by atoms with Crippen LogP contribution in [-0.2, 0) is 14.3 Å². The molecule has 110 valence electrons. The van der Waals surface area contributed by atoms with E-state index in [1.807, 2.05) is 20.8 Å². The molecule has 2 atom stereocenters. The highest BCUT2D eigenvalue weighted by atomic mass is 16.5. The Morgan fingerprint density at radius 1 is 1.16 bits per heavy atom. The molecule has 0 aliphatic heterocycles. The average Bonchev–Trinajstić information content (AvgIpc) is 2.26. The molecule has 3 N–H and O–H groups in total. The summed E-state index contributed by atoms with van der Waals surface area (Å²) in [4.78, 5) is 33.5. The van der Waals surface area contributed by atoms with Crippen molar-refractivity contribution in [3.05, 3.63) is 0 Å². The van der Waals surface area contributed by atoms with E-state index >= 15 is 0 Å². The van der Waals surface area contributed by atoms with Gasteiger partial charge in [0.1, 0.15) is 6.04 Å². The maximum absolute atomic E-state index is 11.6. The second-order valence-electron chi connectivity index (χ2n) is 4.82. The number of hydrogen-bond acceptors (Lipinski definition) is 4. The molecule has 0 bridgehead atoms. The third-order valence-corrected chi connectivity index (χ3v) is 2.40. The molecule has 0 aliphatic rings. The first-order valence-electron chi connectivity index (χ1n) is 6.12. The molecule has 0 rings (SSSR count). The number of aliphatic carboxylic acids is 1. The fraction of sp³-hybridized carbons (Fsp3) is 0.750. The molecule has 0 aromatic rings. The fourth-order valence-corrected chi connectivity index (χ4v) is 1.64. The lowest BCUT2D eigenvalue weighted by Gasteiger charge is -2.19. The second kappa shape index (κ2) is 8.34. The molecule has 0 saturated carbocycles. The van der Waals surface area contributed by atoms with Crippen LogP contribution in [0.2, 0.25) is 0 Å². The highest BCUT2D eigenvalue weighted by molar-refractivity contribution is 5.86. The van der Waals surface area contributed by atoms with Crippen LogP contribution < -0.4 is 10.6 Å². The van der Waals surface area contributed by atoms with E-state index in [2.05, 4.69) is 15.4 Å². The molecule has 7 nitrogen and oxygen atoms in total.